The molecule has 0 aliphatic heterocycles. The molecule has 0 unspecified atom stereocenters. The van der Waals surface area contributed by atoms with Crippen LogP contribution in [0.4, 0.5) is 0 Å². The number of rotatable bonds is 10. The number of carbonyl (C=O) groups is 2. The van der Waals surface area contributed by atoms with E-state index in [1.54, 1.807) is 11.8 Å². The molecule has 2 amide bonds. The van der Waals surface area contributed by atoms with E-state index in [-0.39, 0.29) is 18.4 Å². The summed E-state index contributed by atoms with van der Waals surface area (Å²) in [5, 5.41) is 2.88. The van der Waals surface area contributed by atoms with Crippen molar-refractivity contribution in [2.24, 2.45) is 0 Å². The Hall–Kier alpha value is -2.34. The van der Waals surface area contributed by atoms with Crippen molar-refractivity contribution < 1.29 is 14.3 Å². The van der Waals surface area contributed by atoms with Crippen molar-refractivity contribution in [2.45, 2.75) is 53.1 Å². The van der Waals surface area contributed by atoms with E-state index in [0.717, 1.165) is 28.4 Å². The monoisotopic (exact) mass is 474 g/mol. The number of nitrogens with zero attached hydrogens (tertiary/aromatic N) is 1. The van der Waals surface area contributed by atoms with Gasteiger partial charge in [0.2, 0.25) is 5.91 Å². The van der Waals surface area contributed by atoms with Crippen LogP contribution in [0, 0.1) is 6.92 Å². The Balaban J connectivity index is 2.15. The highest BCUT2D eigenvalue weighted by atomic mass is 79.9. The summed E-state index contributed by atoms with van der Waals surface area (Å²) in [6.45, 7) is 8.64. The molecule has 2 aromatic rings. The minimum absolute atomic E-state index is 0.138. The van der Waals surface area contributed by atoms with E-state index >= 15 is 0 Å². The summed E-state index contributed by atoms with van der Waals surface area (Å²) < 4.78 is 6.60. The first-order valence-electron chi connectivity index (χ1n) is 10.4. The van der Waals surface area contributed by atoms with Gasteiger partial charge in [0.1, 0.15) is 11.8 Å². The third-order valence-corrected chi connectivity index (χ3v) is 5.53. The summed E-state index contributed by atoms with van der Waals surface area (Å²) in [6, 6.07) is 13.2. The zero-order valence-corrected chi connectivity index (χ0v) is 19.8. The lowest BCUT2D eigenvalue weighted by atomic mass is 10.1. The van der Waals surface area contributed by atoms with E-state index in [4.69, 9.17) is 4.74 Å². The molecule has 30 heavy (non-hydrogen) atoms. The van der Waals surface area contributed by atoms with E-state index in [9.17, 15) is 9.59 Å². The van der Waals surface area contributed by atoms with Gasteiger partial charge in [-0.1, -0.05) is 49.7 Å². The average Bonchev–Trinajstić information content (AvgIpc) is 2.74. The van der Waals surface area contributed by atoms with Gasteiger partial charge in [-0.25, -0.2) is 0 Å². The molecule has 2 aromatic carbocycles. The van der Waals surface area contributed by atoms with E-state index in [1.807, 2.05) is 56.3 Å². The summed E-state index contributed by atoms with van der Waals surface area (Å²) in [6.07, 6.45) is 1.77. The lowest BCUT2D eigenvalue weighted by Gasteiger charge is -2.29. The van der Waals surface area contributed by atoms with Gasteiger partial charge in [-0.3, -0.25) is 9.59 Å². The summed E-state index contributed by atoms with van der Waals surface area (Å²) in [5.41, 5.74) is 3.27. The Morgan fingerprint density at radius 1 is 1.13 bits per heavy atom. The molecule has 0 radical (unpaired) electrons. The van der Waals surface area contributed by atoms with Crippen molar-refractivity contribution in [3.8, 4) is 5.75 Å². The molecule has 0 aliphatic rings. The minimum atomic E-state index is -0.598. The van der Waals surface area contributed by atoms with Crippen LogP contribution in [-0.2, 0) is 22.6 Å². The van der Waals surface area contributed by atoms with E-state index in [2.05, 4.69) is 28.2 Å². The van der Waals surface area contributed by atoms with E-state index < -0.39 is 6.04 Å². The van der Waals surface area contributed by atoms with Crippen LogP contribution in [0.5, 0.6) is 5.75 Å². The molecule has 5 nitrogen and oxygen atoms in total. The van der Waals surface area contributed by atoms with Crippen LogP contribution >= 0.6 is 15.9 Å². The number of amides is 2. The Labute approximate surface area is 187 Å². The van der Waals surface area contributed by atoms with Crippen LogP contribution in [0.25, 0.3) is 0 Å². The quantitative estimate of drug-likeness (QED) is 0.545. The summed E-state index contributed by atoms with van der Waals surface area (Å²) in [4.78, 5) is 27.2. The SMILES string of the molecule is CCCNC(=O)[C@@H](C)N(Cc1cccc(C)c1)C(=O)COc1ccc(CC)cc1Br. The molecule has 0 bridgehead atoms. The van der Waals surface area contributed by atoms with Gasteiger partial charge in [-0.15, -0.1) is 0 Å². The Bertz CT molecular complexity index is 869. The molecule has 0 spiro atoms. The molecular formula is C24H31BrN2O3. The maximum absolute atomic E-state index is 13.1. The van der Waals surface area contributed by atoms with Crippen molar-refractivity contribution in [1.29, 1.82) is 0 Å². The van der Waals surface area contributed by atoms with Crippen LogP contribution < -0.4 is 10.1 Å². The molecule has 1 atom stereocenters. The molecule has 0 fully saturated rings. The first-order chi connectivity index (χ1) is 14.3. The molecule has 162 valence electrons. The molecule has 2 rings (SSSR count). The zero-order valence-electron chi connectivity index (χ0n) is 18.2. The highest BCUT2D eigenvalue weighted by Gasteiger charge is 2.26. The Morgan fingerprint density at radius 2 is 1.90 bits per heavy atom. The second-order valence-corrected chi connectivity index (χ2v) is 8.24. The fourth-order valence-electron chi connectivity index (χ4n) is 3.09. The van der Waals surface area contributed by atoms with Crippen molar-refractivity contribution in [3.05, 3.63) is 63.6 Å². The number of benzene rings is 2. The van der Waals surface area contributed by atoms with Gasteiger partial charge in [0.25, 0.3) is 5.91 Å². The normalized spacial score (nSPS) is 11.6. The number of halogens is 1. The van der Waals surface area contributed by atoms with Crippen molar-refractivity contribution >= 4 is 27.7 Å². The maximum atomic E-state index is 13.1. The van der Waals surface area contributed by atoms with Gasteiger partial charge in [0.15, 0.2) is 6.61 Å². The van der Waals surface area contributed by atoms with E-state index in [0.29, 0.717) is 18.8 Å². The fraction of sp³-hybridized carbons (Fsp3) is 0.417. The molecule has 0 saturated carbocycles. The first-order valence-corrected chi connectivity index (χ1v) is 11.2. The minimum Gasteiger partial charge on any atom is -0.483 e. The molecule has 1 N–H and O–H groups in total. The predicted molar refractivity (Wildman–Crippen MR) is 124 cm³/mol. The smallest absolute Gasteiger partial charge is 0.261 e. The molecule has 0 heterocycles. The lowest BCUT2D eigenvalue weighted by molar-refractivity contribution is -0.142. The van der Waals surface area contributed by atoms with Gasteiger partial charge in [0.05, 0.1) is 4.47 Å². The molecule has 0 aromatic heterocycles. The summed E-state index contributed by atoms with van der Waals surface area (Å²) in [5.74, 6) is 0.215. The topological polar surface area (TPSA) is 58.6 Å². The predicted octanol–water partition coefficient (Wildman–Crippen LogP) is 4.64. The highest BCUT2D eigenvalue weighted by molar-refractivity contribution is 9.10. The second kappa shape index (κ2) is 11.7. The van der Waals surface area contributed by atoms with Crippen molar-refractivity contribution in [1.82, 2.24) is 10.2 Å². The van der Waals surface area contributed by atoms with Gasteiger partial charge in [-0.05, 0) is 65.9 Å². The molecule has 6 heteroatoms. The first kappa shape index (κ1) is 23.9. The largest absolute Gasteiger partial charge is 0.483 e. The van der Waals surface area contributed by atoms with Gasteiger partial charge >= 0.3 is 0 Å². The number of nitrogens with one attached hydrogen (secondary N) is 1. The number of ether oxygens (including phenoxy) is 1. The second-order valence-electron chi connectivity index (χ2n) is 7.38. The number of hydrogen-bond donors (Lipinski definition) is 1. The maximum Gasteiger partial charge on any atom is 0.261 e. The van der Waals surface area contributed by atoms with E-state index in [1.165, 1.54) is 5.56 Å². The van der Waals surface area contributed by atoms with Crippen LogP contribution in [0.3, 0.4) is 0 Å². The highest BCUT2D eigenvalue weighted by Crippen LogP contribution is 2.26. The standard InChI is InChI=1S/C24H31BrN2O3/c1-5-12-26-24(29)18(4)27(15-20-9-7-8-17(3)13-20)23(28)16-30-22-11-10-19(6-2)14-21(22)25/h7-11,13-14,18H,5-6,12,15-16H2,1-4H3,(H,26,29)/t18-/m1/s1. The third kappa shape index (κ3) is 6.87. The number of aryl methyl sites for hydroxylation is 2. The van der Waals surface area contributed by atoms with Gasteiger partial charge < -0.3 is 15.0 Å². The van der Waals surface area contributed by atoms with Crippen molar-refractivity contribution in [2.75, 3.05) is 13.2 Å². The average molecular weight is 475 g/mol. The molecule has 0 saturated heterocycles. The third-order valence-electron chi connectivity index (χ3n) is 4.91. The number of carbonyl (C=O) groups excluding carboxylic acids is 2. The van der Waals surface area contributed by atoms with Gasteiger partial charge in [0, 0.05) is 13.1 Å². The van der Waals surface area contributed by atoms with Crippen LogP contribution in [0.2, 0.25) is 0 Å². The summed E-state index contributed by atoms with van der Waals surface area (Å²) in [7, 11) is 0. The lowest BCUT2D eigenvalue weighted by Crippen LogP contribution is -2.49. The Morgan fingerprint density at radius 3 is 2.53 bits per heavy atom. The van der Waals surface area contributed by atoms with Crippen LogP contribution in [0.15, 0.2) is 46.9 Å². The summed E-state index contributed by atoms with van der Waals surface area (Å²) >= 11 is 3.50. The Kier molecular flexibility index (Phi) is 9.37. The van der Waals surface area contributed by atoms with Crippen LogP contribution in [-0.4, -0.2) is 35.9 Å². The zero-order chi connectivity index (χ0) is 22.1. The van der Waals surface area contributed by atoms with Crippen molar-refractivity contribution in [3.63, 3.8) is 0 Å². The molecule has 0 aliphatic carbocycles. The fourth-order valence-corrected chi connectivity index (χ4v) is 3.63. The van der Waals surface area contributed by atoms with Gasteiger partial charge in [-0.2, -0.15) is 0 Å². The molecular weight excluding hydrogens is 444 g/mol. The number of hydrogen-bond acceptors (Lipinski definition) is 3. The van der Waals surface area contributed by atoms with Crippen LogP contribution in [0.1, 0.15) is 43.9 Å².